The Morgan fingerprint density at radius 2 is 1.85 bits per heavy atom. The van der Waals surface area contributed by atoms with Crippen LogP contribution in [0.1, 0.15) is 5.56 Å². The van der Waals surface area contributed by atoms with Gasteiger partial charge in [0.25, 0.3) is 0 Å². The molecule has 0 atom stereocenters. The molecule has 20 heavy (non-hydrogen) atoms. The number of hydrogen-bond acceptors (Lipinski definition) is 4. The van der Waals surface area contributed by atoms with E-state index in [4.69, 9.17) is 26.3 Å². The van der Waals surface area contributed by atoms with Gasteiger partial charge in [-0.15, -0.1) is 0 Å². The predicted molar refractivity (Wildman–Crippen MR) is 77.7 cm³/mol. The molecule has 0 amide bonds. The lowest BCUT2D eigenvalue weighted by Crippen LogP contribution is -2.15. The fourth-order valence-corrected chi connectivity index (χ4v) is 3.09. The molecule has 0 radical (unpaired) electrons. The van der Waals surface area contributed by atoms with Gasteiger partial charge in [0.05, 0.1) is 5.56 Å². The first-order valence-electron chi connectivity index (χ1n) is 6.03. The summed E-state index contributed by atoms with van der Waals surface area (Å²) in [5.41, 5.74) is 0.606. The van der Waals surface area contributed by atoms with Gasteiger partial charge in [-0.2, -0.15) is 5.26 Å². The highest BCUT2D eigenvalue weighted by Crippen LogP contribution is 2.38. The maximum Gasteiger partial charge on any atom is 0.162 e. The normalized spacial score (nSPS) is 12.8. The van der Waals surface area contributed by atoms with Gasteiger partial charge in [0.1, 0.15) is 19.3 Å². The van der Waals surface area contributed by atoms with E-state index in [-0.39, 0.29) is 0 Å². The van der Waals surface area contributed by atoms with E-state index >= 15 is 0 Å². The van der Waals surface area contributed by atoms with Crippen molar-refractivity contribution >= 4 is 23.4 Å². The molecular weight excluding hydrogens is 294 g/mol. The lowest BCUT2D eigenvalue weighted by atomic mass is 10.2. The highest BCUT2D eigenvalue weighted by atomic mass is 35.5. The Labute approximate surface area is 126 Å². The van der Waals surface area contributed by atoms with E-state index in [1.807, 2.05) is 18.2 Å². The molecule has 0 N–H and O–H groups in total. The highest BCUT2D eigenvalue weighted by Gasteiger charge is 2.13. The fraction of sp³-hybridized carbons (Fsp3) is 0.133. The van der Waals surface area contributed by atoms with Crippen molar-refractivity contribution in [3.8, 4) is 17.6 Å². The third-order valence-corrected chi connectivity index (χ3v) is 4.09. The molecule has 0 saturated carbocycles. The first-order valence-corrected chi connectivity index (χ1v) is 7.23. The van der Waals surface area contributed by atoms with Crippen LogP contribution in [0.25, 0.3) is 0 Å². The van der Waals surface area contributed by atoms with Crippen molar-refractivity contribution in [1.82, 2.24) is 0 Å². The maximum absolute atomic E-state index is 9.13. The Kier molecular flexibility index (Phi) is 3.72. The van der Waals surface area contributed by atoms with E-state index in [0.717, 1.165) is 21.3 Å². The van der Waals surface area contributed by atoms with Crippen LogP contribution in [-0.4, -0.2) is 13.2 Å². The molecular formula is C15H10ClNO2S. The van der Waals surface area contributed by atoms with Gasteiger partial charge < -0.3 is 9.47 Å². The lowest BCUT2D eigenvalue weighted by molar-refractivity contribution is 0.171. The topological polar surface area (TPSA) is 42.2 Å². The number of nitrogens with zero attached hydrogens (tertiary/aromatic N) is 1. The zero-order valence-electron chi connectivity index (χ0n) is 10.4. The third-order valence-electron chi connectivity index (χ3n) is 2.81. The second-order valence-electron chi connectivity index (χ2n) is 4.16. The molecule has 0 aromatic heterocycles. The molecule has 3 nitrogen and oxygen atoms in total. The molecule has 0 aliphatic carbocycles. The monoisotopic (exact) mass is 303 g/mol. The largest absolute Gasteiger partial charge is 0.486 e. The zero-order chi connectivity index (χ0) is 13.9. The number of benzene rings is 2. The molecule has 0 bridgehead atoms. The summed E-state index contributed by atoms with van der Waals surface area (Å²) < 4.78 is 11.0. The predicted octanol–water partition coefficient (Wildman–Crippen LogP) is 4.13. The smallest absolute Gasteiger partial charge is 0.162 e. The third kappa shape index (κ3) is 2.69. The molecule has 5 heteroatoms. The van der Waals surface area contributed by atoms with Crippen molar-refractivity contribution < 1.29 is 9.47 Å². The van der Waals surface area contributed by atoms with Crippen LogP contribution in [0.4, 0.5) is 0 Å². The van der Waals surface area contributed by atoms with Gasteiger partial charge in [-0.1, -0.05) is 23.4 Å². The van der Waals surface area contributed by atoms with Gasteiger partial charge in [-0.25, -0.2) is 0 Å². The minimum atomic E-state index is 0.557. The SMILES string of the molecule is N#Cc1ccc(Cl)cc1Sc1ccc2c(c1)OCCO2. The number of nitriles is 1. The number of hydrogen-bond donors (Lipinski definition) is 0. The molecule has 1 aliphatic heterocycles. The van der Waals surface area contributed by atoms with E-state index < -0.39 is 0 Å². The van der Waals surface area contributed by atoms with Crippen molar-refractivity contribution in [1.29, 1.82) is 5.26 Å². The van der Waals surface area contributed by atoms with Gasteiger partial charge in [-0.3, -0.25) is 0 Å². The second kappa shape index (κ2) is 5.66. The Bertz CT molecular complexity index is 697. The van der Waals surface area contributed by atoms with E-state index in [1.54, 1.807) is 18.2 Å². The Balaban J connectivity index is 1.92. The van der Waals surface area contributed by atoms with Gasteiger partial charge in [0, 0.05) is 14.8 Å². The Morgan fingerprint density at radius 3 is 2.65 bits per heavy atom. The van der Waals surface area contributed by atoms with Crippen molar-refractivity contribution in [3.05, 3.63) is 47.0 Å². The van der Waals surface area contributed by atoms with E-state index in [9.17, 15) is 0 Å². The molecule has 2 aromatic carbocycles. The van der Waals surface area contributed by atoms with Crippen LogP contribution in [0.5, 0.6) is 11.5 Å². The summed E-state index contributed by atoms with van der Waals surface area (Å²) in [6.07, 6.45) is 0. The molecule has 0 unspecified atom stereocenters. The minimum absolute atomic E-state index is 0.557. The summed E-state index contributed by atoms with van der Waals surface area (Å²) in [4.78, 5) is 1.81. The lowest BCUT2D eigenvalue weighted by Gasteiger charge is -2.18. The molecule has 1 heterocycles. The van der Waals surface area contributed by atoms with Gasteiger partial charge in [0.15, 0.2) is 11.5 Å². The molecule has 0 spiro atoms. The fourth-order valence-electron chi connectivity index (χ4n) is 1.89. The van der Waals surface area contributed by atoms with Crippen LogP contribution in [0.3, 0.4) is 0 Å². The Hall–Kier alpha value is -1.83. The van der Waals surface area contributed by atoms with Gasteiger partial charge >= 0.3 is 0 Å². The van der Waals surface area contributed by atoms with Crippen LogP contribution >= 0.6 is 23.4 Å². The molecule has 1 aliphatic rings. The number of fused-ring (bicyclic) bond motifs is 1. The molecule has 100 valence electrons. The van der Waals surface area contributed by atoms with Crippen LogP contribution in [0.2, 0.25) is 5.02 Å². The van der Waals surface area contributed by atoms with Crippen molar-refractivity contribution in [3.63, 3.8) is 0 Å². The van der Waals surface area contributed by atoms with Crippen molar-refractivity contribution in [2.75, 3.05) is 13.2 Å². The quantitative estimate of drug-likeness (QED) is 0.836. The van der Waals surface area contributed by atoms with Crippen LogP contribution in [-0.2, 0) is 0 Å². The summed E-state index contributed by atoms with van der Waals surface area (Å²) in [6.45, 7) is 1.13. The van der Waals surface area contributed by atoms with Crippen LogP contribution in [0, 0.1) is 11.3 Å². The minimum Gasteiger partial charge on any atom is -0.486 e. The maximum atomic E-state index is 9.13. The Morgan fingerprint density at radius 1 is 1.05 bits per heavy atom. The second-order valence-corrected chi connectivity index (χ2v) is 5.71. The van der Waals surface area contributed by atoms with Gasteiger partial charge in [-0.05, 0) is 36.4 Å². The number of ether oxygens (including phenoxy) is 2. The number of rotatable bonds is 2. The molecule has 0 fully saturated rings. The molecule has 2 aromatic rings. The molecule has 3 rings (SSSR count). The van der Waals surface area contributed by atoms with Crippen LogP contribution < -0.4 is 9.47 Å². The summed E-state index contributed by atoms with van der Waals surface area (Å²) >= 11 is 7.47. The van der Waals surface area contributed by atoms with E-state index in [1.165, 1.54) is 11.8 Å². The first-order chi connectivity index (χ1) is 9.76. The van der Waals surface area contributed by atoms with Crippen LogP contribution in [0.15, 0.2) is 46.2 Å². The van der Waals surface area contributed by atoms with E-state index in [2.05, 4.69) is 6.07 Å². The zero-order valence-corrected chi connectivity index (χ0v) is 12.0. The summed E-state index contributed by atoms with van der Waals surface area (Å²) in [5.74, 6) is 1.49. The average molecular weight is 304 g/mol. The average Bonchev–Trinajstić information content (AvgIpc) is 2.47. The van der Waals surface area contributed by atoms with Gasteiger partial charge in [0.2, 0.25) is 0 Å². The van der Waals surface area contributed by atoms with E-state index in [0.29, 0.717) is 23.8 Å². The summed E-state index contributed by atoms with van der Waals surface area (Å²) in [5, 5.41) is 9.74. The summed E-state index contributed by atoms with van der Waals surface area (Å²) in [6, 6.07) is 13.1. The summed E-state index contributed by atoms with van der Waals surface area (Å²) in [7, 11) is 0. The number of halogens is 1. The first kappa shape index (κ1) is 13.2. The van der Waals surface area contributed by atoms with Crippen molar-refractivity contribution in [2.24, 2.45) is 0 Å². The molecule has 0 saturated heterocycles. The van der Waals surface area contributed by atoms with Crippen molar-refractivity contribution in [2.45, 2.75) is 9.79 Å². The highest BCUT2D eigenvalue weighted by molar-refractivity contribution is 7.99. The standard InChI is InChI=1S/C15H10ClNO2S/c16-11-2-1-10(9-17)15(7-11)20-12-3-4-13-14(8-12)19-6-5-18-13/h1-4,7-8H,5-6H2.